The molecule has 2 unspecified atom stereocenters. The molecule has 3 aromatic carbocycles. The molecule has 164 valence electrons. The van der Waals surface area contributed by atoms with E-state index in [1.165, 1.54) is 22.0 Å². The minimum Gasteiger partial charge on any atom is -0.508 e. The van der Waals surface area contributed by atoms with Gasteiger partial charge in [0.1, 0.15) is 5.75 Å². The lowest BCUT2D eigenvalue weighted by molar-refractivity contribution is 0.425. The van der Waals surface area contributed by atoms with Crippen LogP contribution < -0.4 is 10.6 Å². The molecule has 0 fully saturated rings. The second-order valence-electron chi connectivity index (χ2n) is 9.67. The largest absolute Gasteiger partial charge is 0.508 e. The van der Waals surface area contributed by atoms with Gasteiger partial charge in [-0.15, -0.1) is 0 Å². The van der Waals surface area contributed by atoms with E-state index >= 15 is 0 Å². The fraction of sp³-hybridized carbons (Fsp3) is 0.357. The molecule has 0 aliphatic carbocycles. The number of phenols is 1. The molecule has 2 nitrogen and oxygen atoms in total. The van der Waals surface area contributed by atoms with Crippen LogP contribution in [0.15, 0.2) is 66.7 Å². The summed E-state index contributed by atoms with van der Waals surface area (Å²) in [6.07, 6.45) is 0.956. The van der Waals surface area contributed by atoms with Crippen molar-refractivity contribution in [3.8, 4) is 16.9 Å². The second kappa shape index (κ2) is 9.55. The molecule has 0 aromatic heterocycles. The normalized spacial score (nSPS) is 14.1. The van der Waals surface area contributed by atoms with Crippen LogP contribution in [0, 0.1) is 6.92 Å². The molecular weight excluding hydrogens is 397 g/mol. The van der Waals surface area contributed by atoms with Crippen LogP contribution in [-0.2, 0) is 11.7 Å². The van der Waals surface area contributed by atoms with Crippen molar-refractivity contribution < 1.29 is 5.11 Å². The smallest absolute Gasteiger partial charge is 0.119 e. The Bertz CT molecular complexity index is 1020. The lowest BCUT2D eigenvalue weighted by atomic mass is 9.93. The molecule has 2 atom stereocenters. The number of aromatic hydroxyl groups is 1. The van der Waals surface area contributed by atoms with Gasteiger partial charge >= 0.3 is 0 Å². The molecule has 3 heteroatoms. The van der Waals surface area contributed by atoms with Crippen LogP contribution in [0.2, 0.25) is 0 Å². The van der Waals surface area contributed by atoms with Gasteiger partial charge in [0.25, 0.3) is 0 Å². The highest BCUT2D eigenvalue weighted by molar-refractivity contribution is 7.48. The van der Waals surface area contributed by atoms with Gasteiger partial charge in [-0.05, 0) is 68.2 Å². The molecule has 0 radical (unpaired) electrons. The first kappa shape index (κ1) is 23.5. The maximum Gasteiger partial charge on any atom is 0.119 e. The summed E-state index contributed by atoms with van der Waals surface area (Å²) in [7, 11) is 0.565. The Morgan fingerprint density at radius 2 is 1.58 bits per heavy atom. The molecule has 0 bridgehead atoms. The highest BCUT2D eigenvalue weighted by Gasteiger charge is 2.29. The number of benzene rings is 3. The molecule has 2 N–H and O–H groups in total. The number of hydrogen-bond donors (Lipinski definition) is 2. The third-order valence-electron chi connectivity index (χ3n) is 5.89. The average molecular weight is 434 g/mol. The van der Waals surface area contributed by atoms with E-state index in [1.807, 2.05) is 18.2 Å². The van der Waals surface area contributed by atoms with E-state index in [9.17, 15) is 5.11 Å². The Balaban J connectivity index is 1.99. The maximum absolute atomic E-state index is 10.8. The first-order valence-corrected chi connectivity index (χ1v) is 12.1. The predicted octanol–water partition coefficient (Wildman–Crippen LogP) is 6.88. The number of rotatable bonds is 7. The zero-order valence-electron chi connectivity index (χ0n) is 19.7. The van der Waals surface area contributed by atoms with E-state index < -0.39 is 0 Å². The van der Waals surface area contributed by atoms with Gasteiger partial charge in [0.15, 0.2) is 0 Å². The number of hydrogen-bond acceptors (Lipinski definition) is 2. The fourth-order valence-electron chi connectivity index (χ4n) is 3.78. The van der Waals surface area contributed by atoms with Gasteiger partial charge in [-0.1, -0.05) is 82.6 Å². The maximum atomic E-state index is 10.8. The highest BCUT2D eigenvalue weighted by Crippen LogP contribution is 2.48. The van der Waals surface area contributed by atoms with E-state index in [-0.39, 0.29) is 10.7 Å². The van der Waals surface area contributed by atoms with Crippen LogP contribution in [0.4, 0.5) is 0 Å². The molecule has 0 aliphatic rings. The molecule has 0 saturated heterocycles. The lowest BCUT2D eigenvalue weighted by Crippen LogP contribution is -2.36. The SMILES string of the molecule is CCC(C)(Pc1ccc(C)cc1CNC(C)(C)C)c1cc(-c2ccccc2)ccc1O. The van der Waals surface area contributed by atoms with Gasteiger partial charge in [-0.3, -0.25) is 0 Å². The summed E-state index contributed by atoms with van der Waals surface area (Å²) in [6, 6.07) is 23.2. The van der Waals surface area contributed by atoms with E-state index in [2.05, 4.69) is 95.4 Å². The van der Waals surface area contributed by atoms with Gasteiger partial charge in [-0.25, -0.2) is 0 Å². The van der Waals surface area contributed by atoms with Crippen molar-refractivity contribution in [2.45, 2.75) is 65.2 Å². The van der Waals surface area contributed by atoms with Crippen LogP contribution in [-0.4, -0.2) is 10.6 Å². The van der Waals surface area contributed by atoms with Crippen molar-refractivity contribution in [2.24, 2.45) is 0 Å². The summed E-state index contributed by atoms with van der Waals surface area (Å²) in [4.78, 5) is 0. The van der Waals surface area contributed by atoms with Crippen LogP contribution >= 0.6 is 8.58 Å². The molecule has 0 amide bonds. The first-order chi connectivity index (χ1) is 14.6. The predicted molar refractivity (Wildman–Crippen MR) is 137 cm³/mol. The molecule has 3 aromatic rings. The minimum atomic E-state index is -0.138. The molecule has 0 heterocycles. The summed E-state index contributed by atoms with van der Waals surface area (Å²) in [5.74, 6) is 0.387. The first-order valence-electron chi connectivity index (χ1n) is 11.1. The standard InChI is InChI=1S/C28H36NOP/c1-7-28(6,24-18-22(14-15-25(24)30)21-11-9-8-10-12-21)31-26-16-13-20(2)17-23(26)19-29-27(3,4)5/h8-18,29-31H,7,19H2,1-6H3. The zero-order chi connectivity index (χ0) is 22.6. The van der Waals surface area contributed by atoms with Crippen molar-refractivity contribution >= 4 is 13.9 Å². The Kier molecular flexibility index (Phi) is 7.24. The molecule has 31 heavy (non-hydrogen) atoms. The second-order valence-corrected chi connectivity index (χ2v) is 11.6. The van der Waals surface area contributed by atoms with Crippen LogP contribution in [0.1, 0.15) is 57.7 Å². The Morgan fingerprint density at radius 1 is 0.871 bits per heavy atom. The summed E-state index contributed by atoms with van der Waals surface area (Å²) in [5.41, 5.74) is 6.07. The van der Waals surface area contributed by atoms with Crippen molar-refractivity contribution in [3.05, 3.63) is 83.4 Å². The average Bonchev–Trinajstić information content (AvgIpc) is 2.74. The quantitative estimate of drug-likeness (QED) is 0.398. The molecular formula is C28H36NOP. The van der Waals surface area contributed by atoms with Crippen LogP contribution in [0.5, 0.6) is 5.75 Å². The molecule has 0 spiro atoms. The Hall–Kier alpha value is -2.15. The van der Waals surface area contributed by atoms with Gasteiger partial charge < -0.3 is 10.4 Å². The van der Waals surface area contributed by atoms with Crippen molar-refractivity contribution in [1.29, 1.82) is 0 Å². The van der Waals surface area contributed by atoms with Gasteiger partial charge in [0.2, 0.25) is 0 Å². The van der Waals surface area contributed by atoms with Crippen molar-refractivity contribution in [3.63, 3.8) is 0 Å². The summed E-state index contributed by atoms with van der Waals surface area (Å²) in [6.45, 7) is 14.1. The Labute approximate surface area is 189 Å². The van der Waals surface area contributed by atoms with E-state index in [4.69, 9.17) is 0 Å². The Morgan fingerprint density at radius 3 is 2.23 bits per heavy atom. The summed E-state index contributed by atoms with van der Waals surface area (Å²) < 4.78 is 0. The van der Waals surface area contributed by atoms with E-state index in [0.717, 1.165) is 24.1 Å². The number of phenolic OH excluding ortho intramolecular Hbond substituents is 1. The third kappa shape index (κ3) is 5.97. The van der Waals surface area contributed by atoms with Crippen molar-refractivity contribution in [1.82, 2.24) is 5.32 Å². The molecule has 0 aliphatic heterocycles. The van der Waals surface area contributed by atoms with Crippen molar-refractivity contribution in [2.75, 3.05) is 0 Å². The van der Waals surface area contributed by atoms with Gasteiger partial charge in [0, 0.05) is 22.8 Å². The fourth-order valence-corrected chi connectivity index (χ4v) is 5.38. The molecule has 3 rings (SSSR count). The topological polar surface area (TPSA) is 32.3 Å². The molecule has 0 saturated carbocycles. The minimum absolute atomic E-state index is 0.0699. The van der Waals surface area contributed by atoms with Gasteiger partial charge in [-0.2, -0.15) is 0 Å². The summed E-state index contributed by atoms with van der Waals surface area (Å²) in [5, 5.41) is 15.7. The third-order valence-corrected chi connectivity index (χ3v) is 7.82. The zero-order valence-corrected chi connectivity index (χ0v) is 20.7. The highest BCUT2D eigenvalue weighted by atomic mass is 31.1. The number of nitrogens with one attached hydrogen (secondary N) is 1. The van der Waals surface area contributed by atoms with Crippen LogP contribution in [0.25, 0.3) is 11.1 Å². The van der Waals surface area contributed by atoms with Gasteiger partial charge in [0.05, 0.1) is 0 Å². The number of aryl methyl sites for hydroxylation is 1. The van der Waals surface area contributed by atoms with E-state index in [1.54, 1.807) is 0 Å². The monoisotopic (exact) mass is 433 g/mol. The summed E-state index contributed by atoms with van der Waals surface area (Å²) >= 11 is 0. The van der Waals surface area contributed by atoms with Crippen LogP contribution in [0.3, 0.4) is 0 Å². The van der Waals surface area contributed by atoms with E-state index in [0.29, 0.717) is 14.3 Å². The lowest BCUT2D eigenvalue weighted by Gasteiger charge is -2.32.